The number of methoxy groups -OCH3 is 1. The fraction of sp³-hybridized carbons (Fsp3) is 0.235. The van der Waals surface area contributed by atoms with E-state index in [-0.39, 0.29) is 29.0 Å². The largest absolute Gasteiger partial charge is 0.496 e. The maximum atomic E-state index is 13.2. The quantitative estimate of drug-likeness (QED) is 0.774. The SMILES string of the molecule is CCOC(=O)c1c(OC)cccc1-c1ccccc1C(F)(F)F. The molecule has 0 aliphatic heterocycles. The molecule has 0 amide bonds. The van der Waals surface area contributed by atoms with Gasteiger partial charge < -0.3 is 9.47 Å². The summed E-state index contributed by atoms with van der Waals surface area (Å²) >= 11 is 0. The van der Waals surface area contributed by atoms with Gasteiger partial charge in [0.25, 0.3) is 0 Å². The number of halogens is 3. The van der Waals surface area contributed by atoms with Gasteiger partial charge >= 0.3 is 12.1 Å². The van der Waals surface area contributed by atoms with Gasteiger partial charge in [0.2, 0.25) is 0 Å². The van der Waals surface area contributed by atoms with Crippen LogP contribution in [0.1, 0.15) is 22.8 Å². The zero-order chi connectivity index (χ0) is 17.0. The van der Waals surface area contributed by atoms with Crippen LogP contribution >= 0.6 is 0 Å². The average molecular weight is 324 g/mol. The lowest BCUT2D eigenvalue weighted by atomic mass is 9.94. The molecule has 0 radical (unpaired) electrons. The molecule has 0 unspecified atom stereocenters. The third-order valence-electron chi connectivity index (χ3n) is 3.25. The van der Waals surface area contributed by atoms with Crippen molar-refractivity contribution < 1.29 is 27.4 Å². The van der Waals surface area contributed by atoms with Crippen molar-refractivity contribution in [1.29, 1.82) is 0 Å². The Hall–Kier alpha value is -2.50. The summed E-state index contributed by atoms with van der Waals surface area (Å²) in [5.74, 6) is -0.560. The standard InChI is InChI=1S/C17H15F3O3/c1-3-23-16(21)15-12(8-6-10-14(15)22-2)11-7-4-5-9-13(11)17(18,19)20/h4-10H,3H2,1-2H3. The van der Waals surface area contributed by atoms with E-state index in [4.69, 9.17) is 9.47 Å². The predicted octanol–water partition coefficient (Wildman–Crippen LogP) is 4.56. The summed E-state index contributed by atoms with van der Waals surface area (Å²) in [6.07, 6.45) is -4.54. The molecule has 0 atom stereocenters. The number of rotatable bonds is 4. The highest BCUT2D eigenvalue weighted by Crippen LogP contribution is 2.40. The Morgan fingerprint density at radius 1 is 1.04 bits per heavy atom. The first kappa shape index (κ1) is 16.9. The Morgan fingerprint density at radius 3 is 2.30 bits per heavy atom. The van der Waals surface area contributed by atoms with Gasteiger partial charge in [-0.15, -0.1) is 0 Å². The summed E-state index contributed by atoms with van der Waals surface area (Å²) in [6, 6.07) is 9.56. The summed E-state index contributed by atoms with van der Waals surface area (Å²) < 4.78 is 49.8. The molecule has 0 saturated heterocycles. The van der Waals surface area contributed by atoms with Gasteiger partial charge in [0, 0.05) is 5.56 Å². The summed E-state index contributed by atoms with van der Waals surface area (Å²) in [5, 5.41) is 0. The van der Waals surface area contributed by atoms with Gasteiger partial charge in [-0.2, -0.15) is 13.2 Å². The van der Waals surface area contributed by atoms with E-state index in [2.05, 4.69) is 0 Å². The van der Waals surface area contributed by atoms with Crippen molar-refractivity contribution in [2.75, 3.05) is 13.7 Å². The summed E-state index contributed by atoms with van der Waals surface area (Å²) in [5.41, 5.74) is -0.815. The van der Waals surface area contributed by atoms with Gasteiger partial charge in [-0.1, -0.05) is 30.3 Å². The highest BCUT2D eigenvalue weighted by atomic mass is 19.4. The van der Waals surface area contributed by atoms with Gasteiger partial charge in [-0.25, -0.2) is 4.79 Å². The molecular weight excluding hydrogens is 309 g/mol. The Labute approximate surface area is 131 Å². The molecule has 0 spiro atoms. The van der Waals surface area contributed by atoms with Gasteiger partial charge in [0.05, 0.1) is 19.3 Å². The lowest BCUT2D eigenvalue weighted by Crippen LogP contribution is -2.11. The number of alkyl halides is 3. The molecule has 2 aromatic carbocycles. The van der Waals surface area contributed by atoms with Gasteiger partial charge in [-0.05, 0) is 24.6 Å². The molecule has 0 bridgehead atoms. The van der Waals surface area contributed by atoms with Crippen molar-refractivity contribution in [3.63, 3.8) is 0 Å². The zero-order valence-corrected chi connectivity index (χ0v) is 12.6. The Kier molecular flexibility index (Phi) is 4.93. The molecule has 0 N–H and O–H groups in total. The monoisotopic (exact) mass is 324 g/mol. The number of ether oxygens (including phenoxy) is 2. The number of hydrogen-bond donors (Lipinski definition) is 0. The molecule has 6 heteroatoms. The van der Waals surface area contributed by atoms with E-state index in [0.717, 1.165) is 6.07 Å². The van der Waals surface area contributed by atoms with Gasteiger partial charge in [0.15, 0.2) is 0 Å². The van der Waals surface area contributed by atoms with Gasteiger partial charge in [0.1, 0.15) is 11.3 Å². The maximum Gasteiger partial charge on any atom is 0.417 e. The maximum absolute atomic E-state index is 13.2. The normalized spacial score (nSPS) is 11.2. The van der Waals surface area contributed by atoms with Crippen LogP contribution in [0.2, 0.25) is 0 Å². The van der Waals surface area contributed by atoms with Crippen molar-refractivity contribution in [2.45, 2.75) is 13.1 Å². The Bertz CT molecular complexity index is 708. The number of hydrogen-bond acceptors (Lipinski definition) is 3. The van der Waals surface area contributed by atoms with E-state index in [9.17, 15) is 18.0 Å². The van der Waals surface area contributed by atoms with Crippen LogP contribution < -0.4 is 4.74 Å². The molecule has 23 heavy (non-hydrogen) atoms. The lowest BCUT2D eigenvalue weighted by Gasteiger charge is -2.17. The Balaban J connectivity index is 2.72. The number of esters is 1. The Morgan fingerprint density at radius 2 is 1.70 bits per heavy atom. The van der Waals surface area contributed by atoms with Crippen molar-refractivity contribution in [1.82, 2.24) is 0 Å². The van der Waals surface area contributed by atoms with E-state index >= 15 is 0 Å². The third-order valence-corrected chi connectivity index (χ3v) is 3.25. The van der Waals surface area contributed by atoms with Crippen LogP contribution in [-0.4, -0.2) is 19.7 Å². The minimum Gasteiger partial charge on any atom is -0.496 e. The number of benzene rings is 2. The summed E-state index contributed by atoms with van der Waals surface area (Å²) in [7, 11) is 1.34. The smallest absolute Gasteiger partial charge is 0.417 e. The third kappa shape index (κ3) is 3.47. The van der Waals surface area contributed by atoms with E-state index in [0.29, 0.717) is 0 Å². The minimum absolute atomic E-state index is 0.0199. The molecule has 2 rings (SSSR count). The van der Waals surface area contributed by atoms with E-state index in [1.807, 2.05) is 0 Å². The molecule has 0 heterocycles. The average Bonchev–Trinajstić information content (AvgIpc) is 2.53. The minimum atomic E-state index is -4.54. The lowest BCUT2D eigenvalue weighted by molar-refractivity contribution is -0.137. The van der Waals surface area contributed by atoms with Crippen LogP contribution in [-0.2, 0) is 10.9 Å². The first-order chi connectivity index (χ1) is 10.9. The summed E-state index contributed by atoms with van der Waals surface area (Å²) in [4.78, 5) is 12.2. The molecule has 0 aromatic heterocycles. The van der Waals surface area contributed by atoms with Crippen LogP contribution in [0.25, 0.3) is 11.1 Å². The highest BCUT2D eigenvalue weighted by molar-refractivity contribution is 6.00. The molecule has 0 aliphatic rings. The first-order valence-corrected chi connectivity index (χ1v) is 6.90. The van der Waals surface area contributed by atoms with Crippen LogP contribution in [0.4, 0.5) is 13.2 Å². The molecule has 122 valence electrons. The number of carbonyl (C=O) groups excluding carboxylic acids is 1. The van der Waals surface area contributed by atoms with E-state index in [1.165, 1.54) is 43.5 Å². The molecule has 0 saturated carbocycles. The van der Waals surface area contributed by atoms with E-state index < -0.39 is 17.7 Å². The first-order valence-electron chi connectivity index (χ1n) is 6.90. The second-order valence-electron chi connectivity index (χ2n) is 4.65. The van der Waals surface area contributed by atoms with Crippen molar-refractivity contribution in [3.05, 3.63) is 53.6 Å². The fourth-order valence-corrected chi connectivity index (χ4v) is 2.30. The topological polar surface area (TPSA) is 35.5 Å². The molecule has 0 aliphatic carbocycles. The fourth-order valence-electron chi connectivity index (χ4n) is 2.30. The van der Waals surface area contributed by atoms with Crippen LogP contribution in [0, 0.1) is 0 Å². The second-order valence-corrected chi connectivity index (χ2v) is 4.65. The van der Waals surface area contributed by atoms with Crippen molar-refractivity contribution in [3.8, 4) is 16.9 Å². The van der Waals surface area contributed by atoms with Crippen LogP contribution in [0.3, 0.4) is 0 Å². The van der Waals surface area contributed by atoms with Crippen LogP contribution in [0.5, 0.6) is 5.75 Å². The molecule has 2 aromatic rings. The van der Waals surface area contributed by atoms with E-state index in [1.54, 1.807) is 6.92 Å². The number of carbonyl (C=O) groups is 1. The molecule has 3 nitrogen and oxygen atoms in total. The van der Waals surface area contributed by atoms with Crippen molar-refractivity contribution in [2.24, 2.45) is 0 Å². The highest BCUT2D eigenvalue weighted by Gasteiger charge is 2.34. The van der Waals surface area contributed by atoms with Crippen LogP contribution in [0.15, 0.2) is 42.5 Å². The molecular formula is C17H15F3O3. The predicted molar refractivity (Wildman–Crippen MR) is 79.4 cm³/mol. The van der Waals surface area contributed by atoms with Gasteiger partial charge in [-0.3, -0.25) is 0 Å². The molecule has 0 fully saturated rings. The second kappa shape index (κ2) is 6.73. The summed E-state index contributed by atoms with van der Waals surface area (Å²) in [6.45, 7) is 1.73. The zero-order valence-electron chi connectivity index (χ0n) is 12.6. The van der Waals surface area contributed by atoms with Crippen molar-refractivity contribution >= 4 is 5.97 Å².